The average Bonchev–Trinajstić information content (AvgIpc) is 2.49. The second-order valence-electron chi connectivity index (χ2n) is 7.88. The molecule has 0 bridgehead atoms. The van der Waals surface area contributed by atoms with E-state index < -0.39 is 17.5 Å². The minimum absolute atomic E-state index is 0.0422. The SMILES string of the molecule is C=C(C)c1ccc2c(c1)[C@H](O)C[C@H]1[C@](C)(C(=O)O)CCC[C@]21C. The number of hydrogen-bond donors (Lipinski definition) is 2. The molecule has 0 spiro atoms. The number of hydrogen-bond acceptors (Lipinski definition) is 2. The molecule has 0 aromatic heterocycles. The fraction of sp³-hybridized carbons (Fsp3) is 0.550. The third-order valence-corrected chi connectivity index (χ3v) is 6.40. The summed E-state index contributed by atoms with van der Waals surface area (Å²) in [6, 6.07) is 6.17. The number of carboxylic acid groups (broad SMARTS) is 1. The summed E-state index contributed by atoms with van der Waals surface area (Å²) in [4.78, 5) is 11.9. The molecule has 3 heteroatoms. The first-order valence-corrected chi connectivity index (χ1v) is 8.42. The molecule has 124 valence electrons. The van der Waals surface area contributed by atoms with Crippen LogP contribution in [0.25, 0.3) is 5.57 Å². The highest BCUT2D eigenvalue weighted by Gasteiger charge is 2.56. The summed E-state index contributed by atoms with van der Waals surface area (Å²) in [5, 5.41) is 20.5. The van der Waals surface area contributed by atoms with Crippen molar-refractivity contribution in [3.63, 3.8) is 0 Å². The number of aliphatic carboxylic acids is 1. The largest absolute Gasteiger partial charge is 0.481 e. The van der Waals surface area contributed by atoms with Crippen LogP contribution in [0.2, 0.25) is 0 Å². The Balaban J connectivity index is 2.16. The van der Waals surface area contributed by atoms with E-state index in [0.717, 1.165) is 35.1 Å². The van der Waals surface area contributed by atoms with Gasteiger partial charge in [-0.2, -0.15) is 0 Å². The van der Waals surface area contributed by atoms with Crippen molar-refractivity contribution < 1.29 is 15.0 Å². The van der Waals surface area contributed by atoms with Gasteiger partial charge in [-0.3, -0.25) is 4.79 Å². The first-order chi connectivity index (χ1) is 10.7. The monoisotopic (exact) mass is 314 g/mol. The Morgan fingerprint density at radius 3 is 2.61 bits per heavy atom. The molecule has 0 aliphatic heterocycles. The standard InChI is InChI=1S/C20H26O3/c1-12(2)13-6-7-15-14(10-13)16(21)11-17-19(15,3)8-5-9-20(17,4)18(22)23/h6-7,10,16-17,21H,1,5,8-9,11H2,2-4H3,(H,22,23)/t16-,17-,19-,20-/m1/s1. The number of allylic oxidation sites excluding steroid dienone is 1. The minimum Gasteiger partial charge on any atom is -0.481 e. The summed E-state index contributed by atoms with van der Waals surface area (Å²) < 4.78 is 0. The number of benzene rings is 1. The predicted molar refractivity (Wildman–Crippen MR) is 91.2 cm³/mol. The van der Waals surface area contributed by atoms with E-state index in [9.17, 15) is 15.0 Å². The van der Waals surface area contributed by atoms with Gasteiger partial charge in [-0.25, -0.2) is 0 Å². The van der Waals surface area contributed by atoms with Gasteiger partial charge in [0.25, 0.3) is 0 Å². The van der Waals surface area contributed by atoms with Gasteiger partial charge in [-0.05, 0) is 67.2 Å². The van der Waals surface area contributed by atoms with E-state index in [1.165, 1.54) is 0 Å². The van der Waals surface area contributed by atoms with Crippen LogP contribution < -0.4 is 0 Å². The molecule has 0 amide bonds. The molecule has 2 N–H and O–H groups in total. The predicted octanol–water partition coefficient (Wildman–Crippen LogP) is 4.31. The van der Waals surface area contributed by atoms with E-state index in [1.54, 1.807) is 0 Å². The van der Waals surface area contributed by atoms with Crippen molar-refractivity contribution in [1.29, 1.82) is 0 Å². The molecular formula is C20H26O3. The van der Waals surface area contributed by atoms with E-state index >= 15 is 0 Å². The summed E-state index contributed by atoms with van der Waals surface area (Å²) in [6.07, 6.45) is 2.50. The summed E-state index contributed by atoms with van der Waals surface area (Å²) in [5.41, 5.74) is 3.15. The molecule has 1 aromatic rings. The zero-order valence-electron chi connectivity index (χ0n) is 14.2. The lowest BCUT2D eigenvalue weighted by Gasteiger charge is -2.54. The molecule has 1 saturated carbocycles. The molecule has 1 fully saturated rings. The van der Waals surface area contributed by atoms with Gasteiger partial charge >= 0.3 is 5.97 Å². The Morgan fingerprint density at radius 2 is 2.00 bits per heavy atom. The molecule has 0 saturated heterocycles. The first kappa shape index (κ1) is 16.3. The Hall–Kier alpha value is -1.61. The van der Waals surface area contributed by atoms with E-state index in [4.69, 9.17) is 0 Å². The number of rotatable bonds is 2. The van der Waals surface area contributed by atoms with Gasteiger partial charge in [-0.1, -0.05) is 37.6 Å². The van der Waals surface area contributed by atoms with E-state index in [1.807, 2.05) is 26.0 Å². The van der Waals surface area contributed by atoms with Gasteiger partial charge < -0.3 is 10.2 Å². The Kier molecular flexibility index (Phi) is 3.68. The average molecular weight is 314 g/mol. The van der Waals surface area contributed by atoms with Gasteiger partial charge in [-0.15, -0.1) is 0 Å². The first-order valence-electron chi connectivity index (χ1n) is 8.42. The highest BCUT2D eigenvalue weighted by atomic mass is 16.4. The van der Waals surface area contributed by atoms with Gasteiger partial charge in [0.15, 0.2) is 0 Å². The van der Waals surface area contributed by atoms with Crippen LogP contribution in [0, 0.1) is 11.3 Å². The number of fused-ring (bicyclic) bond motifs is 3. The normalized spacial score (nSPS) is 36.0. The maximum absolute atomic E-state index is 11.9. The Morgan fingerprint density at radius 1 is 1.30 bits per heavy atom. The molecule has 0 unspecified atom stereocenters. The second-order valence-corrected chi connectivity index (χ2v) is 7.88. The van der Waals surface area contributed by atoms with Crippen molar-refractivity contribution in [1.82, 2.24) is 0 Å². The molecule has 4 atom stereocenters. The van der Waals surface area contributed by atoms with Crippen molar-refractivity contribution in [2.45, 2.75) is 58.0 Å². The second kappa shape index (κ2) is 5.20. The van der Waals surface area contributed by atoms with E-state index in [2.05, 4.69) is 19.6 Å². The molecule has 23 heavy (non-hydrogen) atoms. The van der Waals surface area contributed by atoms with Crippen LogP contribution in [-0.4, -0.2) is 16.2 Å². The molecular weight excluding hydrogens is 288 g/mol. The van der Waals surface area contributed by atoms with Crippen molar-refractivity contribution in [2.75, 3.05) is 0 Å². The van der Waals surface area contributed by atoms with Crippen LogP contribution in [0.1, 0.15) is 69.2 Å². The quantitative estimate of drug-likeness (QED) is 0.855. The van der Waals surface area contributed by atoms with Crippen LogP contribution in [0.3, 0.4) is 0 Å². The van der Waals surface area contributed by atoms with Crippen LogP contribution in [0.4, 0.5) is 0 Å². The molecule has 3 nitrogen and oxygen atoms in total. The summed E-state index contributed by atoms with van der Waals surface area (Å²) in [7, 11) is 0. The maximum Gasteiger partial charge on any atom is 0.309 e. The lowest BCUT2D eigenvalue weighted by molar-refractivity contribution is -0.159. The zero-order chi connectivity index (χ0) is 17.0. The fourth-order valence-electron chi connectivity index (χ4n) is 4.95. The number of carboxylic acids is 1. The fourth-order valence-corrected chi connectivity index (χ4v) is 4.95. The van der Waals surface area contributed by atoms with Crippen LogP contribution in [0.5, 0.6) is 0 Å². The third-order valence-electron chi connectivity index (χ3n) is 6.40. The van der Waals surface area contributed by atoms with Gasteiger partial charge in [0, 0.05) is 0 Å². The number of aliphatic hydroxyl groups excluding tert-OH is 1. The summed E-state index contributed by atoms with van der Waals surface area (Å²) in [5.74, 6) is -0.776. The summed E-state index contributed by atoms with van der Waals surface area (Å²) >= 11 is 0. The highest BCUT2D eigenvalue weighted by Crippen LogP contribution is 2.59. The molecule has 0 radical (unpaired) electrons. The van der Waals surface area contributed by atoms with Crippen LogP contribution in [0.15, 0.2) is 24.8 Å². The van der Waals surface area contributed by atoms with Gasteiger partial charge in [0.1, 0.15) is 0 Å². The van der Waals surface area contributed by atoms with Crippen molar-refractivity contribution in [2.24, 2.45) is 11.3 Å². The Bertz CT molecular complexity index is 677. The smallest absolute Gasteiger partial charge is 0.309 e. The zero-order valence-corrected chi connectivity index (χ0v) is 14.2. The van der Waals surface area contributed by atoms with Crippen molar-refractivity contribution >= 4 is 11.5 Å². The van der Waals surface area contributed by atoms with Crippen LogP contribution in [-0.2, 0) is 10.2 Å². The van der Waals surface area contributed by atoms with E-state index in [0.29, 0.717) is 12.8 Å². The number of carbonyl (C=O) groups is 1. The van der Waals surface area contributed by atoms with Gasteiger partial charge in [0.05, 0.1) is 11.5 Å². The lowest BCUT2D eigenvalue weighted by atomic mass is 9.49. The van der Waals surface area contributed by atoms with Crippen molar-refractivity contribution in [3.05, 3.63) is 41.5 Å². The molecule has 0 heterocycles. The van der Waals surface area contributed by atoms with E-state index in [-0.39, 0.29) is 11.3 Å². The van der Waals surface area contributed by atoms with Crippen molar-refractivity contribution in [3.8, 4) is 0 Å². The Labute approximate surface area is 138 Å². The molecule has 2 aliphatic carbocycles. The summed E-state index contributed by atoms with van der Waals surface area (Å²) in [6.45, 7) is 9.99. The highest BCUT2D eigenvalue weighted by molar-refractivity contribution is 5.75. The topological polar surface area (TPSA) is 57.5 Å². The number of aliphatic hydroxyl groups is 1. The van der Waals surface area contributed by atoms with Gasteiger partial charge in [0.2, 0.25) is 0 Å². The lowest BCUT2D eigenvalue weighted by Crippen LogP contribution is -2.53. The minimum atomic E-state index is -0.765. The molecule has 2 aliphatic rings. The third kappa shape index (κ3) is 2.25. The maximum atomic E-state index is 11.9. The van der Waals surface area contributed by atoms with Crippen LogP contribution >= 0.6 is 0 Å². The molecule has 3 rings (SSSR count). The molecule has 1 aromatic carbocycles.